The second-order valence-electron chi connectivity index (χ2n) is 4.73. The number of aryl methyl sites for hydroxylation is 1. The summed E-state index contributed by atoms with van der Waals surface area (Å²) in [6.07, 6.45) is 0. The molecule has 5 heteroatoms. The monoisotopic (exact) mass is 318 g/mol. The topological polar surface area (TPSA) is 34.0 Å². The minimum atomic E-state index is -0.224. The lowest BCUT2D eigenvalue weighted by atomic mass is 10.2. The van der Waals surface area contributed by atoms with Crippen LogP contribution < -0.4 is 5.32 Å². The number of hydrogen-bond donors (Lipinski definition) is 1. The molecule has 106 valence electrons. The summed E-state index contributed by atoms with van der Waals surface area (Å²) in [5.41, 5.74) is 2.06. The van der Waals surface area contributed by atoms with Crippen LogP contribution in [0.25, 0.3) is 10.9 Å². The fourth-order valence-electron chi connectivity index (χ4n) is 2.29. The second-order valence-corrected chi connectivity index (χ2v) is 5.57. The Morgan fingerprint density at radius 1 is 1.10 bits per heavy atom. The van der Waals surface area contributed by atoms with Gasteiger partial charge in [0.25, 0.3) is 5.91 Å². The average Bonchev–Trinajstić information content (AvgIpc) is 2.81. The minimum Gasteiger partial charge on any atom is -0.340 e. The largest absolute Gasteiger partial charge is 0.340 e. The Balaban J connectivity index is 1.97. The molecule has 1 heterocycles. The summed E-state index contributed by atoms with van der Waals surface area (Å²) in [5, 5.41) is 4.78. The van der Waals surface area contributed by atoms with E-state index < -0.39 is 0 Å². The molecule has 1 amide bonds. The van der Waals surface area contributed by atoms with Gasteiger partial charge in [0.2, 0.25) is 0 Å². The summed E-state index contributed by atoms with van der Waals surface area (Å²) in [6.45, 7) is 0. The van der Waals surface area contributed by atoms with E-state index in [-0.39, 0.29) is 5.91 Å². The predicted molar refractivity (Wildman–Crippen MR) is 87.3 cm³/mol. The third-order valence-electron chi connectivity index (χ3n) is 3.36. The van der Waals surface area contributed by atoms with Gasteiger partial charge in [-0.25, -0.2) is 0 Å². The molecule has 3 rings (SSSR count). The number of fused-ring (bicyclic) bond motifs is 1. The van der Waals surface area contributed by atoms with Crippen LogP contribution in [0.1, 0.15) is 10.5 Å². The number of rotatable bonds is 2. The zero-order chi connectivity index (χ0) is 15.0. The molecule has 3 nitrogen and oxygen atoms in total. The molecule has 0 bridgehead atoms. The predicted octanol–water partition coefficient (Wildman–Crippen LogP) is 4.74. The number of halogens is 2. The average molecular weight is 319 g/mol. The van der Waals surface area contributed by atoms with E-state index in [9.17, 15) is 4.79 Å². The first-order valence-corrected chi connectivity index (χ1v) is 7.13. The molecule has 2 aromatic carbocycles. The Kier molecular flexibility index (Phi) is 3.62. The van der Waals surface area contributed by atoms with Crippen LogP contribution in [0.15, 0.2) is 48.5 Å². The Morgan fingerprint density at radius 3 is 2.62 bits per heavy atom. The molecule has 0 saturated heterocycles. The molecular formula is C16H12Cl2N2O. The first-order valence-electron chi connectivity index (χ1n) is 6.37. The number of carbonyl (C=O) groups excluding carboxylic acids is 1. The summed E-state index contributed by atoms with van der Waals surface area (Å²) in [7, 11) is 1.86. The van der Waals surface area contributed by atoms with Gasteiger partial charge in [0.05, 0.1) is 10.7 Å². The number of anilines is 1. The summed E-state index contributed by atoms with van der Waals surface area (Å²) in [6, 6.07) is 14.6. The van der Waals surface area contributed by atoms with Gasteiger partial charge >= 0.3 is 0 Å². The molecule has 0 aliphatic rings. The lowest BCUT2D eigenvalue weighted by Crippen LogP contribution is -2.15. The Bertz CT molecular complexity index is 839. The zero-order valence-electron chi connectivity index (χ0n) is 11.2. The van der Waals surface area contributed by atoms with Crippen LogP contribution in [0.3, 0.4) is 0 Å². The van der Waals surface area contributed by atoms with E-state index in [0.29, 0.717) is 21.4 Å². The van der Waals surface area contributed by atoms with Crippen LogP contribution in [-0.4, -0.2) is 10.5 Å². The molecule has 3 aromatic rings. The first kappa shape index (κ1) is 14.0. The smallest absolute Gasteiger partial charge is 0.272 e. The zero-order valence-corrected chi connectivity index (χ0v) is 12.7. The van der Waals surface area contributed by atoms with E-state index in [1.165, 1.54) is 0 Å². The Morgan fingerprint density at radius 2 is 1.86 bits per heavy atom. The van der Waals surface area contributed by atoms with E-state index in [1.54, 1.807) is 18.2 Å². The minimum absolute atomic E-state index is 0.224. The van der Waals surface area contributed by atoms with Crippen molar-refractivity contribution in [1.82, 2.24) is 4.57 Å². The number of amides is 1. The Labute approximate surface area is 132 Å². The van der Waals surface area contributed by atoms with Crippen molar-refractivity contribution in [3.8, 4) is 0 Å². The molecule has 0 aliphatic heterocycles. The van der Waals surface area contributed by atoms with E-state index in [2.05, 4.69) is 5.32 Å². The van der Waals surface area contributed by atoms with Gasteiger partial charge in [-0.2, -0.15) is 0 Å². The fourth-order valence-corrected chi connectivity index (χ4v) is 2.62. The van der Waals surface area contributed by atoms with E-state index in [1.807, 2.05) is 41.9 Å². The molecular weight excluding hydrogens is 307 g/mol. The number of hydrogen-bond acceptors (Lipinski definition) is 1. The van der Waals surface area contributed by atoms with Crippen molar-refractivity contribution in [2.45, 2.75) is 0 Å². The normalized spacial score (nSPS) is 10.8. The molecule has 0 radical (unpaired) electrons. The first-order chi connectivity index (χ1) is 10.1. The van der Waals surface area contributed by atoms with Crippen LogP contribution in [0.5, 0.6) is 0 Å². The molecule has 0 spiro atoms. The lowest BCUT2D eigenvalue weighted by Gasteiger charge is -2.08. The van der Waals surface area contributed by atoms with Crippen LogP contribution in [-0.2, 0) is 7.05 Å². The summed E-state index contributed by atoms with van der Waals surface area (Å²) in [4.78, 5) is 12.4. The second kappa shape index (κ2) is 5.43. The molecule has 0 unspecified atom stereocenters. The molecule has 21 heavy (non-hydrogen) atoms. The van der Waals surface area contributed by atoms with Crippen LogP contribution in [0.4, 0.5) is 5.69 Å². The molecule has 1 N–H and O–H groups in total. The van der Waals surface area contributed by atoms with E-state index in [4.69, 9.17) is 23.2 Å². The van der Waals surface area contributed by atoms with Gasteiger partial charge in [0.1, 0.15) is 5.69 Å². The number of benzene rings is 2. The summed E-state index contributed by atoms with van der Waals surface area (Å²) in [5.74, 6) is -0.224. The SMILES string of the molecule is Cn1c(C(=O)Nc2cc(Cl)ccc2Cl)cc2ccccc21. The van der Waals surface area contributed by atoms with Gasteiger partial charge in [-0.1, -0.05) is 41.4 Å². The highest BCUT2D eigenvalue weighted by molar-refractivity contribution is 6.35. The van der Waals surface area contributed by atoms with Gasteiger partial charge in [-0.05, 0) is 30.3 Å². The van der Waals surface area contributed by atoms with Gasteiger partial charge in [0, 0.05) is 23.0 Å². The van der Waals surface area contributed by atoms with E-state index in [0.717, 1.165) is 10.9 Å². The number of nitrogens with one attached hydrogen (secondary N) is 1. The van der Waals surface area contributed by atoms with Gasteiger partial charge < -0.3 is 9.88 Å². The van der Waals surface area contributed by atoms with Crippen molar-refractivity contribution in [1.29, 1.82) is 0 Å². The standard InChI is InChI=1S/C16H12Cl2N2O/c1-20-14-5-3-2-4-10(14)8-15(20)16(21)19-13-9-11(17)6-7-12(13)18/h2-9H,1H3,(H,19,21). The van der Waals surface area contributed by atoms with Gasteiger partial charge in [0.15, 0.2) is 0 Å². The van der Waals surface area contributed by atoms with Crippen molar-refractivity contribution < 1.29 is 4.79 Å². The molecule has 0 atom stereocenters. The van der Waals surface area contributed by atoms with Gasteiger partial charge in [-0.15, -0.1) is 0 Å². The maximum absolute atomic E-state index is 12.4. The van der Waals surface area contributed by atoms with Crippen LogP contribution in [0, 0.1) is 0 Å². The van der Waals surface area contributed by atoms with Crippen molar-refractivity contribution in [2.24, 2.45) is 7.05 Å². The summed E-state index contributed by atoms with van der Waals surface area (Å²) < 4.78 is 1.85. The van der Waals surface area contributed by atoms with Crippen molar-refractivity contribution in [2.75, 3.05) is 5.32 Å². The molecule has 1 aromatic heterocycles. The number of nitrogens with zero attached hydrogens (tertiary/aromatic N) is 1. The highest BCUT2D eigenvalue weighted by atomic mass is 35.5. The van der Waals surface area contributed by atoms with Gasteiger partial charge in [-0.3, -0.25) is 4.79 Å². The van der Waals surface area contributed by atoms with E-state index >= 15 is 0 Å². The molecule has 0 saturated carbocycles. The number of aromatic nitrogens is 1. The maximum Gasteiger partial charge on any atom is 0.272 e. The maximum atomic E-state index is 12.4. The fraction of sp³-hybridized carbons (Fsp3) is 0.0625. The quantitative estimate of drug-likeness (QED) is 0.727. The van der Waals surface area contributed by atoms with Crippen LogP contribution >= 0.6 is 23.2 Å². The van der Waals surface area contributed by atoms with Crippen molar-refractivity contribution >= 4 is 45.7 Å². The number of para-hydroxylation sites is 1. The number of carbonyl (C=O) groups is 1. The Hall–Kier alpha value is -1.97. The third kappa shape index (κ3) is 2.62. The molecule has 0 aliphatic carbocycles. The van der Waals surface area contributed by atoms with Crippen molar-refractivity contribution in [3.05, 3.63) is 64.3 Å². The highest BCUT2D eigenvalue weighted by Gasteiger charge is 2.14. The van der Waals surface area contributed by atoms with Crippen molar-refractivity contribution in [3.63, 3.8) is 0 Å². The van der Waals surface area contributed by atoms with Crippen LogP contribution in [0.2, 0.25) is 10.0 Å². The third-order valence-corrected chi connectivity index (χ3v) is 3.93. The summed E-state index contributed by atoms with van der Waals surface area (Å²) >= 11 is 12.0. The lowest BCUT2D eigenvalue weighted by molar-refractivity contribution is 0.102. The molecule has 0 fully saturated rings. The highest BCUT2D eigenvalue weighted by Crippen LogP contribution is 2.26.